The quantitative estimate of drug-likeness (QED) is 0.805. The SMILES string of the molecule is Cl.O=C(C1CCCN(Cc2cc(Cl)cc(C(F)(F)F)c2)C1)N1CCNCC1. The number of piperazine rings is 1. The second kappa shape index (κ2) is 9.45. The molecule has 2 fully saturated rings. The van der Waals surface area contributed by atoms with Crippen molar-refractivity contribution in [2.24, 2.45) is 5.92 Å². The van der Waals surface area contributed by atoms with Crippen LogP contribution in [0.1, 0.15) is 24.0 Å². The summed E-state index contributed by atoms with van der Waals surface area (Å²) in [6.45, 7) is 4.79. The first kappa shape index (κ1) is 22.3. The lowest BCUT2D eigenvalue weighted by Crippen LogP contribution is -2.51. The second-order valence-electron chi connectivity index (χ2n) is 7.00. The van der Waals surface area contributed by atoms with Crippen LogP contribution in [0, 0.1) is 5.92 Å². The highest BCUT2D eigenvalue weighted by molar-refractivity contribution is 6.30. The van der Waals surface area contributed by atoms with Crippen molar-refractivity contribution < 1.29 is 18.0 Å². The minimum atomic E-state index is -4.41. The standard InChI is InChI=1S/C18H23ClF3N3O.ClH/c19-16-9-13(8-15(10-16)18(20,21)22)11-24-5-1-2-14(12-24)17(26)25-6-3-23-4-7-25;/h8-10,14,23H,1-7,11-12H2;1H. The summed E-state index contributed by atoms with van der Waals surface area (Å²) in [6.07, 6.45) is -2.71. The van der Waals surface area contributed by atoms with Gasteiger partial charge in [0.15, 0.2) is 0 Å². The Morgan fingerprint density at radius 1 is 1.19 bits per heavy atom. The van der Waals surface area contributed by atoms with Crippen molar-refractivity contribution in [3.05, 3.63) is 34.3 Å². The number of carbonyl (C=O) groups excluding carboxylic acids is 1. The maximum absolute atomic E-state index is 13.0. The van der Waals surface area contributed by atoms with E-state index in [0.717, 1.165) is 57.7 Å². The molecule has 2 heterocycles. The van der Waals surface area contributed by atoms with Crippen LogP contribution < -0.4 is 5.32 Å². The van der Waals surface area contributed by atoms with Gasteiger partial charge in [-0.15, -0.1) is 12.4 Å². The first-order valence-corrected chi connectivity index (χ1v) is 9.29. The van der Waals surface area contributed by atoms with E-state index in [4.69, 9.17) is 11.6 Å². The average molecular weight is 426 g/mol. The summed E-state index contributed by atoms with van der Waals surface area (Å²) < 4.78 is 38.9. The van der Waals surface area contributed by atoms with Gasteiger partial charge >= 0.3 is 6.18 Å². The van der Waals surface area contributed by atoms with Crippen LogP contribution in [0.4, 0.5) is 13.2 Å². The number of alkyl halides is 3. The summed E-state index contributed by atoms with van der Waals surface area (Å²) >= 11 is 5.87. The number of hydrogen-bond acceptors (Lipinski definition) is 3. The molecule has 1 N–H and O–H groups in total. The Morgan fingerprint density at radius 3 is 2.56 bits per heavy atom. The lowest BCUT2D eigenvalue weighted by Gasteiger charge is -2.36. The van der Waals surface area contributed by atoms with Gasteiger partial charge in [0, 0.05) is 44.3 Å². The third-order valence-electron chi connectivity index (χ3n) is 4.97. The van der Waals surface area contributed by atoms with E-state index in [1.807, 2.05) is 4.90 Å². The van der Waals surface area contributed by atoms with Crippen molar-refractivity contribution in [3.63, 3.8) is 0 Å². The summed E-state index contributed by atoms with van der Waals surface area (Å²) in [5.74, 6) is 0.0846. The van der Waals surface area contributed by atoms with Gasteiger partial charge in [0.25, 0.3) is 0 Å². The zero-order valence-corrected chi connectivity index (χ0v) is 16.5. The zero-order chi connectivity index (χ0) is 18.7. The fourth-order valence-electron chi connectivity index (χ4n) is 3.71. The Bertz CT molecular complexity index is 651. The highest BCUT2D eigenvalue weighted by Crippen LogP contribution is 2.32. The van der Waals surface area contributed by atoms with Crippen molar-refractivity contribution in [1.82, 2.24) is 15.1 Å². The maximum atomic E-state index is 13.0. The monoisotopic (exact) mass is 425 g/mol. The predicted octanol–water partition coefficient (Wildman–Crippen LogP) is 3.42. The number of piperidine rings is 1. The molecule has 4 nitrogen and oxygen atoms in total. The summed E-state index contributed by atoms with van der Waals surface area (Å²) in [5, 5.41) is 3.31. The first-order valence-electron chi connectivity index (χ1n) is 8.91. The van der Waals surface area contributed by atoms with Gasteiger partial charge in [-0.3, -0.25) is 9.69 Å². The van der Waals surface area contributed by atoms with Gasteiger partial charge in [-0.25, -0.2) is 0 Å². The lowest BCUT2D eigenvalue weighted by atomic mass is 9.95. The topological polar surface area (TPSA) is 35.6 Å². The molecule has 1 atom stereocenters. The average Bonchev–Trinajstić information content (AvgIpc) is 2.61. The number of amides is 1. The lowest BCUT2D eigenvalue weighted by molar-refractivity contribution is -0.138. The molecule has 0 radical (unpaired) electrons. The summed E-state index contributed by atoms with van der Waals surface area (Å²) in [5.41, 5.74) is -0.203. The Labute approximate surface area is 168 Å². The number of likely N-dealkylation sites (tertiary alicyclic amines) is 1. The number of nitrogens with one attached hydrogen (secondary N) is 1. The molecule has 27 heavy (non-hydrogen) atoms. The minimum absolute atomic E-state index is 0. The van der Waals surface area contributed by atoms with Crippen LogP contribution in [0.5, 0.6) is 0 Å². The van der Waals surface area contributed by atoms with Gasteiger partial charge in [-0.2, -0.15) is 13.2 Å². The molecule has 2 aliphatic heterocycles. The molecule has 9 heteroatoms. The van der Waals surface area contributed by atoms with E-state index in [2.05, 4.69) is 10.2 Å². The normalized spacial score (nSPS) is 21.6. The van der Waals surface area contributed by atoms with Crippen LogP contribution in [0.2, 0.25) is 5.02 Å². The van der Waals surface area contributed by atoms with Gasteiger partial charge < -0.3 is 10.2 Å². The summed E-state index contributed by atoms with van der Waals surface area (Å²) in [7, 11) is 0. The number of halogens is 5. The fraction of sp³-hybridized carbons (Fsp3) is 0.611. The Hall–Kier alpha value is -1.02. The van der Waals surface area contributed by atoms with Crippen molar-refractivity contribution in [1.29, 1.82) is 0 Å². The smallest absolute Gasteiger partial charge is 0.340 e. The van der Waals surface area contributed by atoms with Gasteiger partial charge in [-0.05, 0) is 43.1 Å². The van der Waals surface area contributed by atoms with Crippen LogP contribution in [-0.4, -0.2) is 55.0 Å². The van der Waals surface area contributed by atoms with E-state index in [-0.39, 0.29) is 29.3 Å². The molecule has 0 spiro atoms. The van der Waals surface area contributed by atoms with Crippen LogP contribution in [0.15, 0.2) is 18.2 Å². The van der Waals surface area contributed by atoms with E-state index in [9.17, 15) is 18.0 Å². The molecule has 1 aromatic carbocycles. The van der Waals surface area contributed by atoms with Crippen LogP contribution >= 0.6 is 24.0 Å². The molecule has 1 unspecified atom stereocenters. The van der Waals surface area contributed by atoms with Crippen molar-refractivity contribution >= 4 is 29.9 Å². The minimum Gasteiger partial charge on any atom is -0.340 e. The first-order chi connectivity index (χ1) is 12.3. The molecule has 2 aliphatic rings. The predicted molar refractivity (Wildman–Crippen MR) is 101 cm³/mol. The molecule has 0 aliphatic carbocycles. The molecular weight excluding hydrogens is 402 g/mol. The Morgan fingerprint density at radius 2 is 1.89 bits per heavy atom. The Kier molecular flexibility index (Phi) is 7.80. The van der Waals surface area contributed by atoms with Gasteiger partial charge in [-0.1, -0.05) is 11.6 Å². The molecule has 0 bridgehead atoms. The van der Waals surface area contributed by atoms with Gasteiger partial charge in [0.1, 0.15) is 0 Å². The van der Waals surface area contributed by atoms with Crippen molar-refractivity contribution in [2.45, 2.75) is 25.6 Å². The number of rotatable bonds is 3. The van der Waals surface area contributed by atoms with E-state index in [1.165, 1.54) is 0 Å². The highest BCUT2D eigenvalue weighted by atomic mass is 35.5. The van der Waals surface area contributed by atoms with Crippen LogP contribution in [0.25, 0.3) is 0 Å². The molecule has 2 saturated heterocycles. The third-order valence-corrected chi connectivity index (χ3v) is 5.19. The third kappa shape index (κ3) is 5.98. The molecule has 0 aromatic heterocycles. The van der Waals surface area contributed by atoms with Gasteiger partial charge in [0.05, 0.1) is 11.5 Å². The molecule has 3 rings (SSSR count). The molecular formula is C18H24Cl2F3N3O. The van der Waals surface area contributed by atoms with E-state index in [1.54, 1.807) is 6.07 Å². The number of carbonyl (C=O) groups is 1. The van der Waals surface area contributed by atoms with Crippen molar-refractivity contribution in [2.75, 3.05) is 39.3 Å². The highest BCUT2D eigenvalue weighted by Gasteiger charge is 2.32. The second-order valence-corrected chi connectivity index (χ2v) is 7.43. The van der Waals surface area contributed by atoms with E-state index in [0.29, 0.717) is 18.7 Å². The largest absolute Gasteiger partial charge is 0.416 e. The Balaban J connectivity index is 0.00000261. The van der Waals surface area contributed by atoms with Crippen LogP contribution in [0.3, 0.4) is 0 Å². The van der Waals surface area contributed by atoms with Crippen molar-refractivity contribution in [3.8, 4) is 0 Å². The van der Waals surface area contributed by atoms with Crippen LogP contribution in [-0.2, 0) is 17.5 Å². The number of benzene rings is 1. The number of hydrogen-bond donors (Lipinski definition) is 1. The van der Waals surface area contributed by atoms with E-state index >= 15 is 0 Å². The fourth-order valence-corrected chi connectivity index (χ4v) is 3.97. The maximum Gasteiger partial charge on any atom is 0.416 e. The molecule has 152 valence electrons. The summed E-state index contributed by atoms with van der Waals surface area (Å²) in [4.78, 5) is 16.6. The molecule has 1 amide bonds. The molecule has 1 aromatic rings. The van der Waals surface area contributed by atoms with E-state index < -0.39 is 11.7 Å². The van der Waals surface area contributed by atoms with Gasteiger partial charge in [0.2, 0.25) is 5.91 Å². The molecule has 0 saturated carbocycles. The zero-order valence-electron chi connectivity index (χ0n) is 14.9. The summed E-state index contributed by atoms with van der Waals surface area (Å²) in [6, 6.07) is 3.66. The number of nitrogens with zero attached hydrogens (tertiary/aromatic N) is 2.